The molecule has 0 fully saturated rings. The third-order valence-corrected chi connectivity index (χ3v) is 2.27. The molecule has 0 spiro atoms. The highest BCUT2D eigenvalue weighted by molar-refractivity contribution is 5.57. The van der Waals surface area contributed by atoms with Crippen molar-refractivity contribution in [2.75, 3.05) is 18.5 Å². The van der Waals surface area contributed by atoms with Gasteiger partial charge in [0.05, 0.1) is 5.56 Å². The monoisotopic (exact) mass is 189 g/mol. The predicted molar refractivity (Wildman–Crippen MR) is 57.4 cm³/mol. The first kappa shape index (κ1) is 10.5. The average Bonchev–Trinajstić information content (AvgIpc) is 2.15. The van der Waals surface area contributed by atoms with Crippen LogP contribution in [0.3, 0.4) is 0 Å². The standard InChI is InChI=1S/C11H15N3/c1-5-14(4)11-10(7-12)8(2)6-9(3)13-11/h6H,5H2,1-4H3. The van der Waals surface area contributed by atoms with Crippen LogP contribution in [0.1, 0.15) is 23.7 Å². The fourth-order valence-corrected chi connectivity index (χ4v) is 1.38. The fraction of sp³-hybridized carbons (Fsp3) is 0.455. The van der Waals surface area contributed by atoms with E-state index in [1.165, 1.54) is 0 Å². The average molecular weight is 189 g/mol. The topological polar surface area (TPSA) is 39.9 Å². The molecule has 1 heterocycles. The second-order valence-corrected chi connectivity index (χ2v) is 3.41. The second-order valence-electron chi connectivity index (χ2n) is 3.41. The lowest BCUT2D eigenvalue weighted by Crippen LogP contribution is -2.19. The van der Waals surface area contributed by atoms with E-state index in [4.69, 9.17) is 5.26 Å². The van der Waals surface area contributed by atoms with Gasteiger partial charge in [-0.15, -0.1) is 0 Å². The van der Waals surface area contributed by atoms with Crippen LogP contribution in [-0.2, 0) is 0 Å². The highest BCUT2D eigenvalue weighted by atomic mass is 15.2. The molecule has 0 radical (unpaired) electrons. The van der Waals surface area contributed by atoms with Crippen LogP contribution in [0.25, 0.3) is 0 Å². The van der Waals surface area contributed by atoms with Crippen LogP contribution in [0.4, 0.5) is 5.82 Å². The Bertz CT molecular complexity index is 377. The van der Waals surface area contributed by atoms with Gasteiger partial charge in [-0.1, -0.05) is 0 Å². The molecule has 0 amide bonds. The fourth-order valence-electron chi connectivity index (χ4n) is 1.38. The van der Waals surface area contributed by atoms with Crippen molar-refractivity contribution in [3.63, 3.8) is 0 Å². The first-order chi connectivity index (χ1) is 6.60. The Morgan fingerprint density at radius 2 is 2.14 bits per heavy atom. The summed E-state index contributed by atoms with van der Waals surface area (Å²) in [5.41, 5.74) is 2.63. The molecule has 3 heteroatoms. The zero-order chi connectivity index (χ0) is 10.7. The maximum absolute atomic E-state index is 9.02. The number of pyridine rings is 1. The van der Waals surface area contributed by atoms with Gasteiger partial charge in [-0.3, -0.25) is 0 Å². The minimum Gasteiger partial charge on any atom is -0.359 e. The summed E-state index contributed by atoms with van der Waals surface area (Å²) in [4.78, 5) is 6.36. The van der Waals surface area contributed by atoms with Crippen molar-refractivity contribution in [2.24, 2.45) is 0 Å². The van der Waals surface area contributed by atoms with Gasteiger partial charge in [-0.25, -0.2) is 4.98 Å². The number of hydrogen-bond donors (Lipinski definition) is 0. The lowest BCUT2D eigenvalue weighted by molar-refractivity contribution is 0.923. The van der Waals surface area contributed by atoms with Crippen molar-refractivity contribution in [1.29, 1.82) is 5.26 Å². The minimum atomic E-state index is 0.681. The summed E-state index contributed by atoms with van der Waals surface area (Å²) in [6.07, 6.45) is 0. The third kappa shape index (κ3) is 1.85. The van der Waals surface area contributed by atoms with Gasteiger partial charge in [0.2, 0.25) is 0 Å². The van der Waals surface area contributed by atoms with E-state index in [-0.39, 0.29) is 0 Å². The quantitative estimate of drug-likeness (QED) is 0.714. The molecule has 14 heavy (non-hydrogen) atoms. The number of aryl methyl sites for hydroxylation is 2. The second kappa shape index (κ2) is 4.10. The smallest absolute Gasteiger partial charge is 0.146 e. The number of nitriles is 1. The molecule has 0 unspecified atom stereocenters. The predicted octanol–water partition coefficient (Wildman–Crippen LogP) is 2.03. The Morgan fingerprint density at radius 3 is 2.64 bits per heavy atom. The van der Waals surface area contributed by atoms with Crippen LogP contribution in [0.15, 0.2) is 6.07 Å². The van der Waals surface area contributed by atoms with Crippen LogP contribution in [0.2, 0.25) is 0 Å². The molecule has 0 N–H and O–H groups in total. The summed E-state index contributed by atoms with van der Waals surface area (Å²) in [7, 11) is 1.95. The largest absolute Gasteiger partial charge is 0.359 e. The Balaban J connectivity index is 3.34. The van der Waals surface area contributed by atoms with Gasteiger partial charge in [0.25, 0.3) is 0 Å². The van der Waals surface area contributed by atoms with Crippen molar-refractivity contribution in [3.05, 3.63) is 22.9 Å². The molecule has 0 saturated heterocycles. The molecule has 0 saturated carbocycles. The van der Waals surface area contributed by atoms with Crippen molar-refractivity contribution < 1.29 is 0 Å². The number of anilines is 1. The molecule has 0 aromatic carbocycles. The summed E-state index contributed by atoms with van der Waals surface area (Å²) in [5.74, 6) is 0.785. The summed E-state index contributed by atoms with van der Waals surface area (Å²) in [5, 5.41) is 9.02. The van der Waals surface area contributed by atoms with Crippen molar-refractivity contribution in [2.45, 2.75) is 20.8 Å². The van der Waals surface area contributed by atoms with E-state index in [0.29, 0.717) is 5.56 Å². The summed E-state index contributed by atoms with van der Waals surface area (Å²) in [6.45, 7) is 6.78. The molecular weight excluding hydrogens is 174 g/mol. The van der Waals surface area contributed by atoms with Crippen molar-refractivity contribution in [3.8, 4) is 6.07 Å². The molecule has 1 rings (SSSR count). The van der Waals surface area contributed by atoms with E-state index >= 15 is 0 Å². The molecule has 3 nitrogen and oxygen atoms in total. The minimum absolute atomic E-state index is 0.681. The Kier molecular flexibility index (Phi) is 3.08. The van der Waals surface area contributed by atoms with Crippen LogP contribution in [0.5, 0.6) is 0 Å². The van der Waals surface area contributed by atoms with E-state index in [9.17, 15) is 0 Å². The lowest BCUT2D eigenvalue weighted by Gasteiger charge is -2.18. The van der Waals surface area contributed by atoms with Gasteiger partial charge in [0.1, 0.15) is 11.9 Å². The molecule has 0 bridgehead atoms. The van der Waals surface area contributed by atoms with E-state index in [1.807, 2.05) is 38.8 Å². The Labute approximate surface area is 85.0 Å². The van der Waals surface area contributed by atoms with E-state index in [2.05, 4.69) is 11.1 Å². The number of aromatic nitrogens is 1. The maximum atomic E-state index is 9.02. The van der Waals surface area contributed by atoms with Gasteiger partial charge in [-0.05, 0) is 32.4 Å². The highest BCUT2D eigenvalue weighted by Crippen LogP contribution is 2.20. The Hall–Kier alpha value is -1.56. The van der Waals surface area contributed by atoms with Gasteiger partial charge >= 0.3 is 0 Å². The van der Waals surface area contributed by atoms with Crippen molar-refractivity contribution in [1.82, 2.24) is 4.98 Å². The zero-order valence-electron chi connectivity index (χ0n) is 9.13. The number of hydrogen-bond acceptors (Lipinski definition) is 3. The van der Waals surface area contributed by atoms with Crippen LogP contribution in [-0.4, -0.2) is 18.6 Å². The summed E-state index contributed by atoms with van der Waals surface area (Å²) < 4.78 is 0. The summed E-state index contributed by atoms with van der Waals surface area (Å²) in [6, 6.07) is 4.14. The lowest BCUT2D eigenvalue weighted by atomic mass is 10.1. The molecular formula is C11H15N3. The van der Waals surface area contributed by atoms with Gasteiger partial charge in [0, 0.05) is 19.3 Å². The highest BCUT2D eigenvalue weighted by Gasteiger charge is 2.10. The first-order valence-corrected chi connectivity index (χ1v) is 4.69. The number of rotatable bonds is 2. The zero-order valence-corrected chi connectivity index (χ0v) is 9.13. The van der Waals surface area contributed by atoms with E-state index in [1.54, 1.807) is 0 Å². The van der Waals surface area contributed by atoms with Gasteiger partial charge < -0.3 is 4.90 Å². The first-order valence-electron chi connectivity index (χ1n) is 4.69. The van der Waals surface area contributed by atoms with Crippen molar-refractivity contribution >= 4 is 5.82 Å². The van der Waals surface area contributed by atoms with Crippen LogP contribution < -0.4 is 4.90 Å². The maximum Gasteiger partial charge on any atom is 0.146 e. The molecule has 0 aliphatic rings. The normalized spacial score (nSPS) is 9.64. The van der Waals surface area contributed by atoms with Crippen LogP contribution >= 0.6 is 0 Å². The molecule has 0 aliphatic carbocycles. The molecule has 0 aliphatic heterocycles. The molecule has 74 valence electrons. The summed E-state index contributed by atoms with van der Waals surface area (Å²) >= 11 is 0. The van der Waals surface area contributed by atoms with E-state index < -0.39 is 0 Å². The van der Waals surface area contributed by atoms with Crippen LogP contribution in [0, 0.1) is 25.2 Å². The molecule has 1 aromatic heterocycles. The molecule has 1 aromatic rings. The van der Waals surface area contributed by atoms with Gasteiger partial charge in [-0.2, -0.15) is 5.26 Å². The molecule has 0 atom stereocenters. The number of nitrogens with zero attached hydrogens (tertiary/aromatic N) is 3. The SMILES string of the molecule is CCN(C)c1nc(C)cc(C)c1C#N. The third-order valence-electron chi connectivity index (χ3n) is 2.27. The Morgan fingerprint density at radius 1 is 1.50 bits per heavy atom. The van der Waals surface area contributed by atoms with Gasteiger partial charge in [0.15, 0.2) is 0 Å². The van der Waals surface area contributed by atoms with E-state index in [0.717, 1.165) is 23.6 Å².